The highest BCUT2D eigenvalue weighted by atomic mass is 35.5. The van der Waals surface area contributed by atoms with Gasteiger partial charge in [-0.1, -0.05) is 66.8 Å². The molecule has 2 amide bonds. The Hall–Kier alpha value is -1.40. The molecule has 0 fully saturated rings. The first-order valence-electron chi connectivity index (χ1n) is 10.0. The maximum atomic E-state index is 13.1. The Morgan fingerprint density at radius 1 is 1.03 bits per heavy atom. The Bertz CT molecular complexity index is 908. The van der Waals surface area contributed by atoms with Gasteiger partial charge in [-0.05, 0) is 48.2 Å². The molecule has 0 aliphatic carbocycles. The molecule has 168 valence electrons. The topological polar surface area (TPSA) is 49.4 Å². The third-order valence-electron chi connectivity index (χ3n) is 4.59. The van der Waals surface area contributed by atoms with Crippen LogP contribution in [0, 0.1) is 5.92 Å². The van der Waals surface area contributed by atoms with Crippen molar-refractivity contribution < 1.29 is 9.59 Å². The molecular weight excluding hydrogens is 475 g/mol. The van der Waals surface area contributed by atoms with E-state index in [-0.39, 0.29) is 17.6 Å². The van der Waals surface area contributed by atoms with Crippen LogP contribution in [0.4, 0.5) is 0 Å². The number of thioether (sulfide) groups is 1. The molecule has 1 atom stereocenters. The van der Waals surface area contributed by atoms with E-state index in [1.54, 1.807) is 36.1 Å². The highest BCUT2D eigenvalue weighted by molar-refractivity contribution is 7.99. The minimum absolute atomic E-state index is 0.123. The van der Waals surface area contributed by atoms with Crippen molar-refractivity contribution in [1.82, 2.24) is 10.2 Å². The second-order valence-electron chi connectivity index (χ2n) is 7.70. The van der Waals surface area contributed by atoms with Crippen molar-refractivity contribution in [2.45, 2.75) is 39.1 Å². The smallest absolute Gasteiger partial charge is 0.242 e. The lowest BCUT2D eigenvalue weighted by atomic mass is 10.1. The van der Waals surface area contributed by atoms with Crippen LogP contribution in [-0.4, -0.2) is 35.1 Å². The molecule has 0 aromatic heterocycles. The molecule has 0 aliphatic rings. The maximum absolute atomic E-state index is 13.1. The minimum Gasteiger partial charge on any atom is -0.354 e. The molecule has 0 bridgehead atoms. The van der Waals surface area contributed by atoms with Crippen LogP contribution in [0.5, 0.6) is 0 Å². The molecule has 0 saturated carbocycles. The third kappa shape index (κ3) is 8.57. The Balaban J connectivity index is 2.08. The zero-order valence-electron chi connectivity index (χ0n) is 17.8. The van der Waals surface area contributed by atoms with E-state index in [2.05, 4.69) is 5.32 Å². The van der Waals surface area contributed by atoms with Crippen LogP contribution < -0.4 is 5.32 Å². The van der Waals surface area contributed by atoms with Crippen molar-refractivity contribution in [3.05, 3.63) is 68.7 Å². The molecule has 8 heteroatoms. The number of hydrogen-bond donors (Lipinski definition) is 1. The molecule has 1 N–H and O–H groups in total. The predicted molar refractivity (Wildman–Crippen MR) is 132 cm³/mol. The minimum atomic E-state index is -0.607. The molecule has 0 saturated heterocycles. The number of amides is 2. The fraction of sp³-hybridized carbons (Fsp3) is 0.391. The Morgan fingerprint density at radius 2 is 1.74 bits per heavy atom. The summed E-state index contributed by atoms with van der Waals surface area (Å²) in [7, 11) is 0. The Morgan fingerprint density at radius 3 is 2.39 bits per heavy atom. The third-order valence-corrected chi connectivity index (χ3v) is 6.38. The van der Waals surface area contributed by atoms with Crippen LogP contribution in [0.1, 0.15) is 31.9 Å². The number of carbonyl (C=O) groups is 2. The van der Waals surface area contributed by atoms with Gasteiger partial charge in [-0.2, -0.15) is 0 Å². The van der Waals surface area contributed by atoms with Gasteiger partial charge in [0.25, 0.3) is 0 Å². The summed E-state index contributed by atoms with van der Waals surface area (Å²) in [4.78, 5) is 27.3. The van der Waals surface area contributed by atoms with Gasteiger partial charge in [0.05, 0.1) is 5.75 Å². The van der Waals surface area contributed by atoms with Crippen LogP contribution in [0.15, 0.2) is 42.5 Å². The Labute approximate surface area is 203 Å². The van der Waals surface area contributed by atoms with Gasteiger partial charge in [-0.25, -0.2) is 0 Å². The zero-order chi connectivity index (χ0) is 23.0. The molecule has 0 heterocycles. The van der Waals surface area contributed by atoms with Crippen LogP contribution in [-0.2, 0) is 21.9 Å². The Kier molecular flexibility index (Phi) is 10.5. The van der Waals surface area contributed by atoms with Crippen molar-refractivity contribution in [1.29, 1.82) is 0 Å². The molecule has 4 nitrogen and oxygen atoms in total. The molecule has 0 unspecified atom stereocenters. The van der Waals surface area contributed by atoms with E-state index in [4.69, 9.17) is 34.8 Å². The quantitative estimate of drug-likeness (QED) is 0.430. The van der Waals surface area contributed by atoms with Crippen LogP contribution in [0.2, 0.25) is 15.1 Å². The van der Waals surface area contributed by atoms with E-state index in [1.165, 1.54) is 11.8 Å². The van der Waals surface area contributed by atoms with Gasteiger partial charge in [0.2, 0.25) is 11.8 Å². The van der Waals surface area contributed by atoms with Gasteiger partial charge in [0, 0.05) is 33.9 Å². The summed E-state index contributed by atoms with van der Waals surface area (Å²) in [5, 5.41) is 4.65. The summed E-state index contributed by atoms with van der Waals surface area (Å²) < 4.78 is 0. The number of benzene rings is 2. The van der Waals surface area contributed by atoms with Gasteiger partial charge in [0.1, 0.15) is 6.04 Å². The molecule has 0 spiro atoms. The summed E-state index contributed by atoms with van der Waals surface area (Å²) in [5.74, 6) is 0.826. The summed E-state index contributed by atoms with van der Waals surface area (Å²) in [6, 6.07) is 12.0. The van der Waals surface area contributed by atoms with Crippen molar-refractivity contribution in [2.75, 3.05) is 12.3 Å². The van der Waals surface area contributed by atoms with E-state index in [9.17, 15) is 9.59 Å². The number of carbonyl (C=O) groups excluding carboxylic acids is 2. The molecule has 31 heavy (non-hydrogen) atoms. The summed E-state index contributed by atoms with van der Waals surface area (Å²) in [6.07, 6.45) is 0. The number of nitrogens with one attached hydrogen (secondary N) is 1. The zero-order valence-corrected chi connectivity index (χ0v) is 20.9. The number of hydrogen-bond acceptors (Lipinski definition) is 3. The predicted octanol–water partition coefficient (Wildman–Crippen LogP) is 6.07. The molecule has 2 rings (SSSR count). The van der Waals surface area contributed by atoms with Gasteiger partial charge < -0.3 is 10.2 Å². The van der Waals surface area contributed by atoms with Gasteiger partial charge in [-0.3, -0.25) is 9.59 Å². The number of halogens is 3. The fourth-order valence-electron chi connectivity index (χ4n) is 2.84. The van der Waals surface area contributed by atoms with Crippen molar-refractivity contribution in [3.63, 3.8) is 0 Å². The van der Waals surface area contributed by atoms with E-state index in [1.807, 2.05) is 32.0 Å². The fourth-order valence-corrected chi connectivity index (χ4v) is 4.52. The average Bonchev–Trinajstić information content (AvgIpc) is 2.71. The van der Waals surface area contributed by atoms with E-state index >= 15 is 0 Å². The average molecular weight is 502 g/mol. The van der Waals surface area contributed by atoms with Crippen molar-refractivity contribution in [3.8, 4) is 0 Å². The molecule has 0 aliphatic heterocycles. The lowest BCUT2D eigenvalue weighted by molar-refractivity contribution is -0.138. The molecule has 2 aromatic rings. The highest BCUT2D eigenvalue weighted by Crippen LogP contribution is 2.25. The van der Waals surface area contributed by atoms with Gasteiger partial charge >= 0.3 is 0 Å². The van der Waals surface area contributed by atoms with Crippen LogP contribution >= 0.6 is 46.6 Å². The summed E-state index contributed by atoms with van der Waals surface area (Å²) >= 11 is 19.7. The lowest BCUT2D eigenvalue weighted by Crippen LogP contribution is -2.48. The first-order chi connectivity index (χ1) is 14.7. The first kappa shape index (κ1) is 25.9. The first-order valence-corrected chi connectivity index (χ1v) is 12.3. The lowest BCUT2D eigenvalue weighted by Gasteiger charge is -2.29. The highest BCUT2D eigenvalue weighted by Gasteiger charge is 2.26. The monoisotopic (exact) mass is 500 g/mol. The van der Waals surface area contributed by atoms with Gasteiger partial charge in [0.15, 0.2) is 0 Å². The standard InChI is InChI=1S/C23H27Cl3N2O2S/c1-15(2)11-27-23(30)16(3)28(12-17-5-4-6-19(24)9-17)22(29)14-31-13-18-7-8-20(25)10-21(18)26/h4-10,15-16H,11-14H2,1-3H3,(H,27,30)/t16-/m0/s1. The number of nitrogens with zero attached hydrogens (tertiary/aromatic N) is 1. The second kappa shape index (κ2) is 12.6. The maximum Gasteiger partial charge on any atom is 0.242 e. The summed E-state index contributed by atoms with van der Waals surface area (Å²) in [6.45, 7) is 6.67. The SMILES string of the molecule is CC(C)CNC(=O)[C@H](C)N(Cc1cccc(Cl)c1)C(=O)CSCc1ccc(Cl)cc1Cl. The van der Waals surface area contributed by atoms with E-state index in [0.29, 0.717) is 39.8 Å². The summed E-state index contributed by atoms with van der Waals surface area (Å²) in [5.41, 5.74) is 1.78. The van der Waals surface area contributed by atoms with Crippen molar-refractivity contribution in [2.24, 2.45) is 5.92 Å². The second-order valence-corrected chi connectivity index (χ2v) is 9.96. The van der Waals surface area contributed by atoms with Gasteiger partial charge in [-0.15, -0.1) is 11.8 Å². The largest absolute Gasteiger partial charge is 0.354 e. The van der Waals surface area contributed by atoms with E-state index in [0.717, 1.165) is 11.1 Å². The molecular formula is C23H27Cl3N2O2S. The normalized spacial score (nSPS) is 12.0. The van der Waals surface area contributed by atoms with Crippen molar-refractivity contribution >= 4 is 58.4 Å². The molecule has 2 aromatic carbocycles. The molecule has 0 radical (unpaired) electrons. The van der Waals surface area contributed by atoms with Crippen LogP contribution in [0.25, 0.3) is 0 Å². The van der Waals surface area contributed by atoms with Crippen LogP contribution in [0.3, 0.4) is 0 Å². The van der Waals surface area contributed by atoms with E-state index < -0.39 is 6.04 Å². The number of rotatable bonds is 10.